The maximum atomic E-state index is 11.3. The summed E-state index contributed by atoms with van der Waals surface area (Å²) in [5.74, 6) is -0.148. The van der Waals surface area contributed by atoms with Gasteiger partial charge in [-0.3, -0.25) is 4.79 Å². The highest BCUT2D eigenvalue weighted by atomic mass is 16.6. The van der Waals surface area contributed by atoms with Gasteiger partial charge in [0.1, 0.15) is 6.61 Å². The van der Waals surface area contributed by atoms with E-state index in [-0.39, 0.29) is 11.6 Å². The molecular weight excluding hydrogens is 206 g/mol. The number of nitrogens with one attached hydrogen (secondary N) is 1. The van der Waals surface area contributed by atoms with Crippen molar-refractivity contribution in [2.24, 2.45) is 0 Å². The lowest BCUT2D eigenvalue weighted by atomic mass is 10.2. The third kappa shape index (κ3) is 7.65. The molecule has 1 N–H and O–H groups in total. The Hall–Kier alpha value is -0.610. The summed E-state index contributed by atoms with van der Waals surface area (Å²) in [4.78, 5) is 11.3. The van der Waals surface area contributed by atoms with Crippen LogP contribution in [-0.4, -0.2) is 37.4 Å². The summed E-state index contributed by atoms with van der Waals surface area (Å²) in [6.45, 7) is 7.48. The third-order valence-electron chi connectivity index (χ3n) is 2.22. The second-order valence-corrected chi connectivity index (χ2v) is 5.16. The van der Waals surface area contributed by atoms with Crippen LogP contribution in [0.15, 0.2) is 0 Å². The van der Waals surface area contributed by atoms with Gasteiger partial charge < -0.3 is 14.8 Å². The van der Waals surface area contributed by atoms with Gasteiger partial charge in [0.25, 0.3) is 0 Å². The van der Waals surface area contributed by atoms with E-state index in [2.05, 4.69) is 5.32 Å². The van der Waals surface area contributed by atoms with Crippen LogP contribution in [0.25, 0.3) is 0 Å². The molecule has 1 aliphatic carbocycles. The van der Waals surface area contributed by atoms with E-state index in [1.165, 1.54) is 12.8 Å². The van der Waals surface area contributed by atoms with E-state index in [4.69, 9.17) is 9.47 Å². The average Bonchev–Trinajstić information content (AvgIpc) is 2.95. The molecule has 1 saturated carbocycles. The number of hydrogen-bond acceptors (Lipinski definition) is 4. The van der Waals surface area contributed by atoms with Crippen LogP contribution < -0.4 is 5.32 Å². The predicted octanol–water partition coefficient (Wildman–Crippen LogP) is 1.49. The highest BCUT2D eigenvalue weighted by Gasteiger charge is 2.20. The van der Waals surface area contributed by atoms with Crippen molar-refractivity contribution < 1.29 is 14.3 Å². The van der Waals surface area contributed by atoms with Crippen molar-refractivity contribution in [2.45, 2.75) is 51.7 Å². The molecule has 0 spiro atoms. The lowest BCUT2D eigenvalue weighted by Crippen LogP contribution is -2.24. The molecule has 0 heterocycles. The third-order valence-corrected chi connectivity index (χ3v) is 2.22. The molecule has 4 nitrogen and oxygen atoms in total. The minimum absolute atomic E-state index is 0.148. The van der Waals surface area contributed by atoms with Crippen molar-refractivity contribution in [1.29, 1.82) is 0 Å². The standard InChI is InChI=1S/C12H23NO3/c1-12(2,3)16-9-8-15-11(14)6-7-13-10-4-5-10/h10,13H,4-9H2,1-3H3. The highest BCUT2D eigenvalue weighted by molar-refractivity contribution is 5.69. The molecule has 1 aliphatic rings. The molecular formula is C12H23NO3. The van der Waals surface area contributed by atoms with E-state index in [1.54, 1.807) is 0 Å². The van der Waals surface area contributed by atoms with Crippen molar-refractivity contribution in [1.82, 2.24) is 5.32 Å². The van der Waals surface area contributed by atoms with Gasteiger partial charge in [0.15, 0.2) is 0 Å². The monoisotopic (exact) mass is 229 g/mol. The van der Waals surface area contributed by atoms with E-state index in [1.807, 2.05) is 20.8 Å². The van der Waals surface area contributed by atoms with Gasteiger partial charge in [-0.2, -0.15) is 0 Å². The first-order chi connectivity index (χ1) is 7.47. The summed E-state index contributed by atoms with van der Waals surface area (Å²) in [5, 5.41) is 3.27. The van der Waals surface area contributed by atoms with Crippen LogP contribution in [0.4, 0.5) is 0 Å². The number of ether oxygens (including phenoxy) is 2. The van der Waals surface area contributed by atoms with Crippen molar-refractivity contribution in [3.8, 4) is 0 Å². The van der Waals surface area contributed by atoms with Crippen molar-refractivity contribution in [3.63, 3.8) is 0 Å². The Kier molecular flexibility index (Phi) is 5.22. The fraction of sp³-hybridized carbons (Fsp3) is 0.917. The minimum atomic E-state index is -0.167. The van der Waals surface area contributed by atoms with Crippen LogP contribution in [0, 0.1) is 0 Å². The van der Waals surface area contributed by atoms with Crippen LogP contribution in [-0.2, 0) is 14.3 Å². The van der Waals surface area contributed by atoms with Gasteiger partial charge in [-0.25, -0.2) is 0 Å². The number of carbonyl (C=O) groups is 1. The molecule has 0 radical (unpaired) electrons. The van der Waals surface area contributed by atoms with Gasteiger partial charge in [0.2, 0.25) is 0 Å². The van der Waals surface area contributed by atoms with Gasteiger partial charge in [0.05, 0.1) is 18.6 Å². The zero-order chi connectivity index (χ0) is 12.0. The van der Waals surface area contributed by atoms with Crippen LogP contribution >= 0.6 is 0 Å². The number of carbonyl (C=O) groups excluding carboxylic acids is 1. The molecule has 0 bridgehead atoms. The number of hydrogen-bond donors (Lipinski definition) is 1. The maximum Gasteiger partial charge on any atom is 0.307 e. The zero-order valence-electron chi connectivity index (χ0n) is 10.5. The molecule has 0 aromatic carbocycles. The van der Waals surface area contributed by atoms with Crippen LogP contribution in [0.2, 0.25) is 0 Å². The number of rotatable bonds is 7. The minimum Gasteiger partial charge on any atom is -0.463 e. The topological polar surface area (TPSA) is 47.6 Å². The normalized spacial score (nSPS) is 16.2. The molecule has 1 fully saturated rings. The van der Waals surface area contributed by atoms with Crippen molar-refractivity contribution in [3.05, 3.63) is 0 Å². The predicted molar refractivity (Wildman–Crippen MR) is 62.3 cm³/mol. The Morgan fingerprint density at radius 2 is 2.00 bits per heavy atom. The number of esters is 1. The first-order valence-electron chi connectivity index (χ1n) is 6.00. The van der Waals surface area contributed by atoms with Gasteiger partial charge in [-0.1, -0.05) is 0 Å². The molecule has 0 aromatic heterocycles. The average molecular weight is 229 g/mol. The molecule has 1 rings (SSSR count). The quantitative estimate of drug-likeness (QED) is 0.531. The van der Waals surface area contributed by atoms with Gasteiger partial charge in [-0.05, 0) is 33.6 Å². The lowest BCUT2D eigenvalue weighted by Gasteiger charge is -2.19. The second-order valence-electron chi connectivity index (χ2n) is 5.16. The van der Waals surface area contributed by atoms with Gasteiger partial charge in [-0.15, -0.1) is 0 Å². The first kappa shape index (κ1) is 13.5. The summed E-state index contributed by atoms with van der Waals surface area (Å²) >= 11 is 0. The summed E-state index contributed by atoms with van der Waals surface area (Å²) in [6, 6.07) is 0.650. The van der Waals surface area contributed by atoms with Gasteiger partial charge >= 0.3 is 5.97 Å². The molecule has 4 heteroatoms. The van der Waals surface area contributed by atoms with Crippen molar-refractivity contribution >= 4 is 5.97 Å². The van der Waals surface area contributed by atoms with E-state index in [0.29, 0.717) is 25.7 Å². The Morgan fingerprint density at radius 1 is 1.31 bits per heavy atom. The van der Waals surface area contributed by atoms with Crippen LogP contribution in [0.5, 0.6) is 0 Å². The summed E-state index contributed by atoms with van der Waals surface area (Å²) in [6.07, 6.45) is 2.94. The highest BCUT2D eigenvalue weighted by Crippen LogP contribution is 2.18. The molecule has 0 amide bonds. The summed E-state index contributed by atoms with van der Waals surface area (Å²) < 4.78 is 10.5. The Morgan fingerprint density at radius 3 is 2.56 bits per heavy atom. The smallest absolute Gasteiger partial charge is 0.307 e. The Balaban J connectivity index is 1.89. The summed E-state index contributed by atoms with van der Waals surface area (Å²) in [7, 11) is 0. The second kappa shape index (κ2) is 6.21. The van der Waals surface area contributed by atoms with E-state index in [0.717, 1.165) is 6.54 Å². The SMILES string of the molecule is CC(C)(C)OCCOC(=O)CCNC1CC1. The van der Waals surface area contributed by atoms with E-state index >= 15 is 0 Å². The Bertz CT molecular complexity index is 219. The van der Waals surface area contributed by atoms with E-state index < -0.39 is 0 Å². The summed E-state index contributed by atoms with van der Waals surface area (Å²) in [5.41, 5.74) is -0.167. The molecule has 0 atom stereocenters. The Labute approximate surface area is 97.7 Å². The van der Waals surface area contributed by atoms with Gasteiger partial charge in [0, 0.05) is 12.6 Å². The largest absolute Gasteiger partial charge is 0.463 e. The van der Waals surface area contributed by atoms with Crippen LogP contribution in [0.3, 0.4) is 0 Å². The lowest BCUT2D eigenvalue weighted by molar-refractivity contribution is -0.146. The molecule has 16 heavy (non-hydrogen) atoms. The van der Waals surface area contributed by atoms with Crippen LogP contribution in [0.1, 0.15) is 40.0 Å². The molecule has 0 aromatic rings. The van der Waals surface area contributed by atoms with Crippen molar-refractivity contribution in [2.75, 3.05) is 19.8 Å². The fourth-order valence-electron chi connectivity index (χ4n) is 1.24. The molecule has 0 saturated heterocycles. The van der Waals surface area contributed by atoms with E-state index in [9.17, 15) is 4.79 Å². The maximum absolute atomic E-state index is 11.3. The first-order valence-corrected chi connectivity index (χ1v) is 6.00. The molecule has 94 valence electrons. The molecule has 0 unspecified atom stereocenters. The molecule has 0 aliphatic heterocycles. The fourth-order valence-corrected chi connectivity index (χ4v) is 1.24. The zero-order valence-corrected chi connectivity index (χ0v) is 10.5.